The van der Waals surface area contributed by atoms with Gasteiger partial charge in [0.05, 0.1) is 24.3 Å². The molecule has 0 aliphatic carbocycles. The number of fused-ring (bicyclic) bond motifs is 2. The molecule has 0 saturated carbocycles. The largest absolute Gasteiger partial charge is 0.379 e. The third-order valence-electron chi connectivity index (χ3n) is 8.69. The van der Waals surface area contributed by atoms with E-state index in [0.29, 0.717) is 44.0 Å². The fourth-order valence-electron chi connectivity index (χ4n) is 6.02. The summed E-state index contributed by atoms with van der Waals surface area (Å²) in [6.45, 7) is 5.64. The quantitative estimate of drug-likeness (QED) is 0.217. The van der Waals surface area contributed by atoms with Crippen molar-refractivity contribution in [2.45, 2.75) is 12.8 Å². The van der Waals surface area contributed by atoms with Crippen molar-refractivity contribution < 1.29 is 14.3 Å². The number of para-hydroxylation sites is 1. The molecule has 7 nitrogen and oxygen atoms in total. The number of aromatic amines is 1. The molecule has 1 saturated heterocycles. The van der Waals surface area contributed by atoms with Gasteiger partial charge in [0.1, 0.15) is 0 Å². The molecule has 226 valence electrons. The molecule has 0 unspecified atom stereocenters. The van der Waals surface area contributed by atoms with Gasteiger partial charge in [0.2, 0.25) is 0 Å². The Balaban J connectivity index is 1.18. The van der Waals surface area contributed by atoms with Crippen LogP contribution in [0.2, 0.25) is 0 Å². The summed E-state index contributed by atoms with van der Waals surface area (Å²) in [5.74, 6) is -0.246. The standard InChI is InChI=1S/C37H40N4O3/c1-39(18-17-31-27-38-35-13-7-6-10-32(31)35)36(42)33-11-4-5-12-34(33)37(43)41(21-20-40-22-24-44-25-23-40)19-16-28-14-15-29-8-2-3-9-30(29)26-28/h2-15,26-27,38H,16-25H2,1H3. The van der Waals surface area contributed by atoms with E-state index in [1.54, 1.807) is 17.0 Å². The number of hydrogen-bond donors (Lipinski definition) is 1. The Kier molecular flexibility index (Phi) is 9.34. The van der Waals surface area contributed by atoms with E-state index in [0.717, 1.165) is 38.0 Å². The number of H-pyrrole nitrogens is 1. The molecule has 2 amide bonds. The van der Waals surface area contributed by atoms with Crippen LogP contribution in [-0.4, -0.2) is 91.0 Å². The number of hydrogen-bond acceptors (Lipinski definition) is 4. The van der Waals surface area contributed by atoms with Crippen LogP contribution >= 0.6 is 0 Å². The number of ether oxygens (including phenoxy) is 1. The van der Waals surface area contributed by atoms with E-state index in [2.05, 4.69) is 58.4 Å². The fraction of sp³-hybridized carbons (Fsp3) is 0.297. The minimum atomic E-state index is -0.142. The van der Waals surface area contributed by atoms with Gasteiger partial charge in [-0.1, -0.05) is 72.8 Å². The number of carbonyl (C=O) groups is 2. The highest BCUT2D eigenvalue weighted by Gasteiger charge is 2.24. The Hall–Kier alpha value is -4.46. The monoisotopic (exact) mass is 588 g/mol. The molecule has 44 heavy (non-hydrogen) atoms. The van der Waals surface area contributed by atoms with Crippen molar-refractivity contribution in [3.63, 3.8) is 0 Å². The van der Waals surface area contributed by atoms with Crippen LogP contribution in [-0.2, 0) is 17.6 Å². The second-order valence-electron chi connectivity index (χ2n) is 11.6. The lowest BCUT2D eigenvalue weighted by molar-refractivity contribution is 0.0325. The van der Waals surface area contributed by atoms with Crippen LogP contribution in [0.15, 0.2) is 97.2 Å². The average molecular weight is 589 g/mol. The Morgan fingerprint density at radius 2 is 1.48 bits per heavy atom. The van der Waals surface area contributed by atoms with Crippen molar-refractivity contribution >= 4 is 33.5 Å². The van der Waals surface area contributed by atoms with Crippen molar-refractivity contribution in [3.05, 3.63) is 119 Å². The smallest absolute Gasteiger partial charge is 0.254 e. The predicted octanol–water partition coefficient (Wildman–Crippen LogP) is 5.65. The van der Waals surface area contributed by atoms with E-state index in [1.165, 1.54) is 27.3 Å². The van der Waals surface area contributed by atoms with Gasteiger partial charge in [-0.3, -0.25) is 14.5 Å². The first-order chi connectivity index (χ1) is 21.6. The normalized spacial score (nSPS) is 13.8. The Bertz CT molecular complexity index is 1740. The zero-order chi connectivity index (χ0) is 30.3. The molecule has 1 aliphatic rings. The molecule has 1 N–H and O–H groups in total. The molecule has 2 heterocycles. The third-order valence-corrected chi connectivity index (χ3v) is 8.69. The van der Waals surface area contributed by atoms with Gasteiger partial charge < -0.3 is 19.5 Å². The number of nitrogens with zero attached hydrogens (tertiary/aromatic N) is 3. The molecule has 1 aliphatic heterocycles. The lowest BCUT2D eigenvalue weighted by Gasteiger charge is -2.30. The van der Waals surface area contributed by atoms with Gasteiger partial charge in [0.25, 0.3) is 11.8 Å². The van der Waals surface area contributed by atoms with E-state index < -0.39 is 0 Å². The van der Waals surface area contributed by atoms with E-state index in [9.17, 15) is 9.59 Å². The molecular weight excluding hydrogens is 548 g/mol. The average Bonchev–Trinajstić information content (AvgIpc) is 3.50. The van der Waals surface area contributed by atoms with Crippen LogP contribution in [0.4, 0.5) is 0 Å². The first kappa shape index (κ1) is 29.6. The Morgan fingerprint density at radius 1 is 0.773 bits per heavy atom. The van der Waals surface area contributed by atoms with Crippen LogP contribution in [0, 0.1) is 0 Å². The molecule has 5 aromatic rings. The number of likely N-dealkylation sites (N-methyl/N-ethyl adjacent to an activating group) is 1. The summed E-state index contributed by atoms with van der Waals surface area (Å²) in [7, 11) is 1.81. The minimum Gasteiger partial charge on any atom is -0.379 e. The van der Waals surface area contributed by atoms with E-state index >= 15 is 0 Å². The first-order valence-electron chi connectivity index (χ1n) is 15.5. The highest BCUT2D eigenvalue weighted by molar-refractivity contribution is 6.07. The predicted molar refractivity (Wildman–Crippen MR) is 176 cm³/mol. The Morgan fingerprint density at radius 3 is 2.30 bits per heavy atom. The number of aromatic nitrogens is 1. The lowest BCUT2D eigenvalue weighted by atomic mass is 10.0. The van der Waals surface area contributed by atoms with Crippen LogP contribution in [0.3, 0.4) is 0 Å². The molecule has 0 spiro atoms. The zero-order valence-electron chi connectivity index (χ0n) is 25.4. The number of amides is 2. The first-order valence-corrected chi connectivity index (χ1v) is 15.5. The molecule has 6 rings (SSSR count). The number of benzene rings is 4. The summed E-state index contributed by atoms with van der Waals surface area (Å²) in [6.07, 6.45) is 3.47. The van der Waals surface area contributed by atoms with Gasteiger partial charge in [-0.05, 0) is 52.9 Å². The number of carbonyl (C=O) groups excluding carboxylic acids is 2. The second kappa shape index (κ2) is 13.9. The Labute approximate surface area is 259 Å². The third kappa shape index (κ3) is 6.85. The SMILES string of the molecule is CN(CCc1c[nH]c2ccccc12)C(=O)c1ccccc1C(=O)N(CCc1ccc2ccccc2c1)CCN1CCOCC1. The zero-order valence-corrected chi connectivity index (χ0v) is 25.4. The summed E-state index contributed by atoms with van der Waals surface area (Å²) in [5.41, 5.74) is 4.35. The number of morpholine rings is 1. The van der Waals surface area contributed by atoms with Crippen molar-refractivity contribution in [2.24, 2.45) is 0 Å². The van der Waals surface area contributed by atoms with Crippen LogP contribution in [0.5, 0.6) is 0 Å². The van der Waals surface area contributed by atoms with Crippen LogP contribution in [0.1, 0.15) is 31.8 Å². The van der Waals surface area contributed by atoms with Crippen molar-refractivity contribution in [2.75, 3.05) is 59.5 Å². The minimum absolute atomic E-state index is 0.104. The van der Waals surface area contributed by atoms with E-state index in [4.69, 9.17) is 4.74 Å². The van der Waals surface area contributed by atoms with Crippen molar-refractivity contribution in [1.29, 1.82) is 0 Å². The van der Waals surface area contributed by atoms with E-state index in [1.807, 2.05) is 48.5 Å². The maximum Gasteiger partial charge on any atom is 0.254 e. The van der Waals surface area contributed by atoms with Gasteiger partial charge >= 0.3 is 0 Å². The lowest BCUT2D eigenvalue weighted by Crippen LogP contribution is -2.44. The highest BCUT2D eigenvalue weighted by atomic mass is 16.5. The summed E-state index contributed by atoms with van der Waals surface area (Å²) in [6, 6.07) is 30.3. The molecule has 0 radical (unpaired) electrons. The van der Waals surface area contributed by atoms with Gasteiger partial charge in [-0.25, -0.2) is 0 Å². The molecule has 0 bridgehead atoms. The molecule has 1 fully saturated rings. The van der Waals surface area contributed by atoms with Gasteiger partial charge in [-0.2, -0.15) is 0 Å². The summed E-state index contributed by atoms with van der Waals surface area (Å²) in [5, 5.41) is 3.58. The topological polar surface area (TPSA) is 68.9 Å². The van der Waals surface area contributed by atoms with Crippen LogP contribution in [0.25, 0.3) is 21.7 Å². The number of rotatable bonds is 11. The van der Waals surface area contributed by atoms with Gasteiger partial charge in [0.15, 0.2) is 0 Å². The summed E-state index contributed by atoms with van der Waals surface area (Å²) >= 11 is 0. The second-order valence-corrected chi connectivity index (χ2v) is 11.6. The highest BCUT2D eigenvalue weighted by Crippen LogP contribution is 2.21. The molecule has 1 aromatic heterocycles. The maximum absolute atomic E-state index is 14.2. The van der Waals surface area contributed by atoms with Crippen LogP contribution < -0.4 is 0 Å². The molecule has 0 atom stereocenters. The van der Waals surface area contributed by atoms with Crippen molar-refractivity contribution in [3.8, 4) is 0 Å². The molecule has 7 heteroatoms. The van der Waals surface area contributed by atoms with Gasteiger partial charge in [0, 0.05) is 63.4 Å². The number of nitrogens with one attached hydrogen (secondary N) is 1. The summed E-state index contributed by atoms with van der Waals surface area (Å²) in [4.78, 5) is 37.2. The van der Waals surface area contributed by atoms with Crippen molar-refractivity contribution in [1.82, 2.24) is 19.7 Å². The molecular formula is C37H40N4O3. The summed E-state index contributed by atoms with van der Waals surface area (Å²) < 4.78 is 5.53. The molecule has 4 aromatic carbocycles. The maximum atomic E-state index is 14.2. The fourth-order valence-corrected chi connectivity index (χ4v) is 6.02. The van der Waals surface area contributed by atoms with E-state index in [-0.39, 0.29) is 11.8 Å². The van der Waals surface area contributed by atoms with Gasteiger partial charge in [-0.15, -0.1) is 0 Å².